The predicted molar refractivity (Wildman–Crippen MR) is 91.9 cm³/mol. The molecule has 0 saturated carbocycles. The minimum Gasteiger partial charge on any atom is -0.493 e. The molecule has 1 N–H and O–H groups in total. The SMILES string of the molecule is CCCOc1ccc(C(C)(C)C)cc1-c1ccc(=O)oc1C(=O)O. The second-order valence-corrected chi connectivity index (χ2v) is 6.61. The molecule has 1 aromatic heterocycles. The zero-order valence-electron chi connectivity index (χ0n) is 14.4. The van der Waals surface area contributed by atoms with Crippen molar-refractivity contribution in [2.45, 2.75) is 39.5 Å². The van der Waals surface area contributed by atoms with Crippen molar-refractivity contribution in [3.63, 3.8) is 0 Å². The first-order chi connectivity index (χ1) is 11.2. The lowest BCUT2D eigenvalue weighted by atomic mass is 9.85. The van der Waals surface area contributed by atoms with Crippen LogP contribution in [0.1, 0.15) is 50.2 Å². The molecule has 2 rings (SSSR count). The van der Waals surface area contributed by atoms with Gasteiger partial charge in [-0.25, -0.2) is 9.59 Å². The van der Waals surface area contributed by atoms with Crippen LogP contribution in [0, 0.1) is 0 Å². The average molecular weight is 330 g/mol. The van der Waals surface area contributed by atoms with Crippen LogP contribution in [-0.2, 0) is 5.41 Å². The van der Waals surface area contributed by atoms with E-state index in [1.165, 1.54) is 12.1 Å². The van der Waals surface area contributed by atoms with Crippen molar-refractivity contribution in [3.8, 4) is 16.9 Å². The quantitative estimate of drug-likeness (QED) is 0.893. The van der Waals surface area contributed by atoms with E-state index in [0.29, 0.717) is 23.5 Å². The molecule has 5 nitrogen and oxygen atoms in total. The van der Waals surface area contributed by atoms with Gasteiger partial charge in [0.05, 0.1) is 6.61 Å². The van der Waals surface area contributed by atoms with Crippen LogP contribution in [0.15, 0.2) is 39.5 Å². The van der Waals surface area contributed by atoms with Gasteiger partial charge < -0.3 is 14.3 Å². The Kier molecular flexibility index (Phi) is 5.12. The van der Waals surface area contributed by atoms with Crippen LogP contribution in [0.4, 0.5) is 0 Å². The summed E-state index contributed by atoms with van der Waals surface area (Å²) in [5.41, 5.74) is 1.16. The highest BCUT2D eigenvalue weighted by Crippen LogP contribution is 2.36. The van der Waals surface area contributed by atoms with Gasteiger partial charge in [-0.1, -0.05) is 33.8 Å². The zero-order chi connectivity index (χ0) is 17.9. The van der Waals surface area contributed by atoms with Gasteiger partial charge in [-0.05, 0) is 35.6 Å². The molecular formula is C19H22O5. The molecule has 0 radical (unpaired) electrons. The third-order valence-electron chi connectivity index (χ3n) is 3.63. The number of hydrogen-bond donors (Lipinski definition) is 1. The van der Waals surface area contributed by atoms with Crippen LogP contribution >= 0.6 is 0 Å². The molecule has 1 heterocycles. The molecule has 0 amide bonds. The number of ether oxygens (including phenoxy) is 1. The Morgan fingerprint density at radius 2 is 1.88 bits per heavy atom. The van der Waals surface area contributed by atoms with Crippen LogP contribution in [0.2, 0.25) is 0 Å². The highest BCUT2D eigenvalue weighted by atomic mass is 16.5. The number of aromatic carboxylic acids is 1. The summed E-state index contributed by atoms with van der Waals surface area (Å²) in [6.07, 6.45) is 0.829. The lowest BCUT2D eigenvalue weighted by Crippen LogP contribution is -2.12. The zero-order valence-corrected chi connectivity index (χ0v) is 14.4. The van der Waals surface area contributed by atoms with E-state index in [1.807, 2.05) is 25.1 Å². The molecule has 1 aromatic carbocycles. The van der Waals surface area contributed by atoms with Gasteiger partial charge in [0.2, 0.25) is 5.76 Å². The van der Waals surface area contributed by atoms with Gasteiger partial charge in [0.25, 0.3) is 0 Å². The molecule has 0 saturated heterocycles. The molecule has 0 aliphatic heterocycles. The highest BCUT2D eigenvalue weighted by Gasteiger charge is 2.22. The Balaban J connectivity index is 2.70. The lowest BCUT2D eigenvalue weighted by molar-refractivity contribution is 0.0658. The van der Waals surface area contributed by atoms with Crippen molar-refractivity contribution in [2.24, 2.45) is 0 Å². The Hall–Kier alpha value is -2.56. The van der Waals surface area contributed by atoms with Gasteiger partial charge in [-0.2, -0.15) is 0 Å². The van der Waals surface area contributed by atoms with Crippen LogP contribution in [0.3, 0.4) is 0 Å². The van der Waals surface area contributed by atoms with Crippen LogP contribution < -0.4 is 10.4 Å². The number of hydrogen-bond acceptors (Lipinski definition) is 4. The fourth-order valence-electron chi connectivity index (χ4n) is 2.33. The summed E-state index contributed by atoms with van der Waals surface area (Å²) in [6, 6.07) is 8.38. The predicted octanol–water partition coefficient (Wildman–Crippen LogP) is 4.09. The van der Waals surface area contributed by atoms with E-state index in [9.17, 15) is 14.7 Å². The van der Waals surface area contributed by atoms with Crippen molar-refractivity contribution in [1.29, 1.82) is 0 Å². The fourth-order valence-corrected chi connectivity index (χ4v) is 2.33. The third kappa shape index (κ3) is 3.85. The fraction of sp³-hybridized carbons (Fsp3) is 0.368. The molecule has 0 unspecified atom stereocenters. The molecule has 128 valence electrons. The molecule has 0 bridgehead atoms. The van der Waals surface area contributed by atoms with Gasteiger partial charge >= 0.3 is 11.6 Å². The van der Waals surface area contributed by atoms with E-state index in [4.69, 9.17) is 9.15 Å². The largest absolute Gasteiger partial charge is 0.493 e. The van der Waals surface area contributed by atoms with Crippen molar-refractivity contribution in [1.82, 2.24) is 0 Å². The van der Waals surface area contributed by atoms with E-state index < -0.39 is 11.6 Å². The van der Waals surface area contributed by atoms with E-state index in [1.54, 1.807) is 0 Å². The number of carbonyl (C=O) groups is 1. The number of carboxylic acids is 1. The second kappa shape index (κ2) is 6.91. The maximum atomic E-state index is 11.5. The molecule has 2 aromatic rings. The van der Waals surface area contributed by atoms with E-state index >= 15 is 0 Å². The summed E-state index contributed by atoms with van der Waals surface area (Å²) in [6.45, 7) is 8.72. The van der Waals surface area contributed by atoms with Crippen molar-refractivity contribution < 1.29 is 19.1 Å². The maximum absolute atomic E-state index is 11.5. The van der Waals surface area contributed by atoms with Crippen LogP contribution in [0.25, 0.3) is 11.1 Å². The molecule has 0 spiro atoms. The van der Waals surface area contributed by atoms with Gasteiger partial charge in [0.15, 0.2) is 0 Å². The van der Waals surface area contributed by atoms with Gasteiger partial charge in [0, 0.05) is 17.2 Å². The van der Waals surface area contributed by atoms with Crippen molar-refractivity contribution in [2.75, 3.05) is 6.61 Å². The number of carboxylic acid groups (broad SMARTS) is 1. The molecule has 0 aliphatic rings. The van der Waals surface area contributed by atoms with E-state index in [-0.39, 0.29) is 11.2 Å². The van der Waals surface area contributed by atoms with E-state index in [2.05, 4.69) is 20.8 Å². The topological polar surface area (TPSA) is 76.7 Å². The Morgan fingerprint density at radius 1 is 1.17 bits per heavy atom. The first-order valence-electron chi connectivity index (χ1n) is 7.89. The number of benzene rings is 1. The minimum atomic E-state index is -1.29. The second-order valence-electron chi connectivity index (χ2n) is 6.61. The first-order valence-corrected chi connectivity index (χ1v) is 7.89. The summed E-state index contributed by atoms with van der Waals surface area (Å²) in [5, 5.41) is 9.37. The molecule has 24 heavy (non-hydrogen) atoms. The molecular weight excluding hydrogens is 308 g/mol. The van der Waals surface area contributed by atoms with E-state index in [0.717, 1.165) is 12.0 Å². The highest BCUT2D eigenvalue weighted by molar-refractivity contribution is 5.94. The average Bonchev–Trinajstić information content (AvgIpc) is 2.51. The number of rotatable bonds is 5. The third-order valence-corrected chi connectivity index (χ3v) is 3.63. The maximum Gasteiger partial charge on any atom is 0.372 e. The van der Waals surface area contributed by atoms with Gasteiger partial charge in [-0.3, -0.25) is 0 Å². The van der Waals surface area contributed by atoms with Crippen LogP contribution in [-0.4, -0.2) is 17.7 Å². The van der Waals surface area contributed by atoms with Gasteiger partial charge in [0.1, 0.15) is 5.75 Å². The Morgan fingerprint density at radius 3 is 2.46 bits per heavy atom. The Labute approximate surface area is 140 Å². The van der Waals surface area contributed by atoms with Crippen molar-refractivity contribution in [3.05, 3.63) is 52.1 Å². The molecule has 0 atom stereocenters. The van der Waals surface area contributed by atoms with Crippen molar-refractivity contribution >= 4 is 5.97 Å². The molecule has 0 aliphatic carbocycles. The Bertz CT molecular complexity index is 796. The smallest absolute Gasteiger partial charge is 0.372 e. The summed E-state index contributed by atoms with van der Waals surface area (Å²) in [7, 11) is 0. The van der Waals surface area contributed by atoms with Gasteiger partial charge in [-0.15, -0.1) is 0 Å². The first kappa shape index (κ1) is 17.8. The summed E-state index contributed by atoms with van der Waals surface area (Å²) >= 11 is 0. The monoisotopic (exact) mass is 330 g/mol. The normalized spacial score (nSPS) is 11.3. The summed E-state index contributed by atoms with van der Waals surface area (Å²) in [5.74, 6) is -1.10. The summed E-state index contributed by atoms with van der Waals surface area (Å²) < 4.78 is 10.7. The summed E-state index contributed by atoms with van der Waals surface area (Å²) in [4.78, 5) is 22.9. The standard InChI is InChI=1S/C19H22O5/c1-5-10-23-15-8-6-12(19(2,3)4)11-14(15)13-7-9-16(20)24-17(13)18(21)22/h6-9,11H,5,10H2,1-4H3,(H,21,22). The lowest BCUT2D eigenvalue weighted by Gasteiger charge is -2.22. The molecule has 0 fully saturated rings. The minimum absolute atomic E-state index is 0.114. The van der Waals surface area contributed by atoms with Crippen LogP contribution in [0.5, 0.6) is 5.75 Å². The molecule has 5 heteroatoms.